The fourth-order valence-corrected chi connectivity index (χ4v) is 2.78. The molecule has 1 atom stereocenters. The maximum absolute atomic E-state index is 5.99. The monoisotopic (exact) mass is 491 g/mol. The summed E-state index contributed by atoms with van der Waals surface area (Å²) in [6, 6.07) is 8.16. The smallest absolute Gasteiger partial charge is 0.189 e. The second kappa shape index (κ2) is 8.53. The van der Waals surface area contributed by atoms with Gasteiger partial charge in [-0.1, -0.05) is 18.2 Å². The third-order valence-corrected chi connectivity index (χ3v) is 3.90. The minimum Gasteiger partial charge on any atom is -0.493 e. The van der Waals surface area contributed by atoms with Crippen LogP contribution < -0.4 is 15.8 Å². The van der Waals surface area contributed by atoms with Crippen molar-refractivity contribution in [1.29, 1.82) is 0 Å². The van der Waals surface area contributed by atoms with Gasteiger partial charge in [-0.15, -0.1) is 24.0 Å². The van der Waals surface area contributed by atoms with E-state index in [9.17, 15) is 0 Å². The molecule has 0 amide bonds. The molecule has 3 N–H and O–H groups in total. The van der Waals surface area contributed by atoms with Crippen molar-refractivity contribution in [2.24, 2.45) is 10.7 Å². The largest absolute Gasteiger partial charge is 0.493 e. The van der Waals surface area contributed by atoms with Crippen LogP contribution in [0, 0.1) is 0 Å². The van der Waals surface area contributed by atoms with Gasteiger partial charge in [0.1, 0.15) is 5.75 Å². The van der Waals surface area contributed by atoms with E-state index in [1.165, 1.54) is 0 Å². The van der Waals surface area contributed by atoms with Gasteiger partial charge >= 0.3 is 0 Å². The van der Waals surface area contributed by atoms with Crippen LogP contribution in [0.5, 0.6) is 5.75 Å². The summed E-state index contributed by atoms with van der Waals surface area (Å²) in [5, 5.41) is 7.46. The molecule has 1 aliphatic rings. The molecule has 8 heteroatoms. The number of para-hydroxylation sites is 1. The second-order valence-electron chi connectivity index (χ2n) is 5.06. The summed E-state index contributed by atoms with van der Waals surface area (Å²) < 4.78 is 8.42. The van der Waals surface area contributed by atoms with Gasteiger partial charge in [0.2, 0.25) is 0 Å². The fourth-order valence-electron chi connectivity index (χ4n) is 2.45. The van der Waals surface area contributed by atoms with E-state index in [0.29, 0.717) is 25.7 Å². The van der Waals surface area contributed by atoms with Gasteiger partial charge in [0.25, 0.3) is 0 Å². The molecule has 23 heavy (non-hydrogen) atoms. The lowest BCUT2D eigenvalue weighted by atomic mass is 10.0. The molecule has 2 aromatic rings. The van der Waals surface area contributed by atoms with Crippen LogP contribution in [0.3, 0.4) is 0 Å². The molecular weight excluding hydrogens is 473 g/mol. The summed E-state index contributed by atoms with van der Waals surface area (Å²) in [4.78, 5) is 4.36. The molecule has 3 rings (SSSR count). The van der Waals surface area contributed by atoms with E-state index in [2.05, 4.69) is 37.4 Å². The van der Waals surface area contributed by atoms with Gasteiger partial charge < -0.3 is 15.8 Å². The first-order chi connectivity index (χ1) is 10.7. The number of hydrogen-bond acceptors (Lipinski definition) is 3. The van der Waals surface area contributed by atoms with Crippen LogP contribution in [-0.4, -0.2) is 28.9 Å². The lowest BCUT2D eigenvalue weighted by Crippen LogP contribution is -2.37. The van der Waals surface area contributed by atoms with Gasteiger partial charge in [0, 0.05) is 18.2 Å². The van der Waals surface area contributed by atoms with Crippen molar-refractivity contribution in [3.63, 3.8) is 0 Å². The zero-order chi connectivity index (χ0) is 15.4. The molecule has 0 radical (unpaired) electrons. The first-order valence-corrected chi connectivity index (χ1v) is 7.98. The van der Waals surface area contributed by atoms with Crippen molar-refractivity contribution in [2.45, 2.75) is 19.0 Å². The zero-order valence-corrected chi connectivity index (χ0v) is 16.4. The number of fused-ring (bicyclic) bond motifs is 1. The average Bonchev–Trinajstić information content (AvgIpc) is 2.93. The molecular formula is C15H19BrIN5O. The Morgan fingerprint density at radius 2 is 2.30 bits per heavy atom. The Morgan fingerprint density at radius 3 is 3.09 bits per heavy atom. The topological polar surface area (TPSA) is 77.5 Å². The van der Waals surface area contributed by atoms with Crippen molar-refractivity contribution < 1.29 is 4.74 Å². The molecule has 1 unspecified atom stereocenters. The molecule has 0 saturated heterocycles. The summed E-state index contributed by atoms with van der Waals surface area (Å²) in [5.74, 6) is 1.37. The highest BCUT2D eigenvalue weighted by Crippen LogP contribution is 2.31. The lowest BCUT2D eigenvalue weighted by molar-refractivity contribution is 0.262. The van der Waals surface area contributed by atoms with E-state index in [4.69, 9.17) is 10.5 Å². The lowest BCUT2D eigenvalue weighted by Gasteiger charge is -2.26. The Bertz CT molecular complexity index is 675. The molecule has 1 aromatic carbocycles. The molecule has 0 aliphatic carbocycles. The highest BCUT2D eigenvalue weighted by Gasteiger charge is 2.21. The van der Waals surface area contributed by atoms with Crippen LogP contribution in [0.2, 0.25) is 0 Å². The van der Waals surface area contributed by atoms with Gasteiger partial charge in [-0.05, 0) is 22.0 Å². The van der Waals surface area contributed by atoms with E-state index in [1.54, 1.807) is 6.20 Å². The van der Waals surface area contributed by atoms with Gasteiger partial charge in [0.05, 0.1) is 36.4 Å². The molecule has 1 aromatic heterocycles. The average molecular weight is 492 g/mol. The molecule has 124 valence electrons. The summed E-state index contributed by atoms with van der Waals surface area (Å²) in [5.41, 5.74) is 7.12. The molecule has 0 spiro atoms. The van der Waals surface area contributed by atoms with E-state index >= 15 is 0 Å². The number of ether oxygens (including phenoxy) is 1. The highest BCUT2D eigenvalue weighted by molar-refractivity contribution is 14.0. The van der Waals surface area contributed by atoms with Gasteiger partial charge in [-0.3, -0.25) is 9.67 Å². The number of aliphatic imine (C=N–C) groups is 1. The minimum atomic E-state index is 0. The molecule has 0 saturated carbocycles. The highest BCUT2D eigenvalue weighted by atomic mass is 127. The Balaban J connectivity index is 0.00000192. The van der Waals surface area contributed by atoms with E-state index in [-0.39, 0.29) is 30.0 Å². The Hall–Kier alpha value is -1.29. The number of guanidine groups is 1. The van der Waals surface area contributed by atoms with Crippen LogP contribution in [-0.2, 0) is 6.54 Å². The standard InChI is InChI=1S/C15H18BrN5O.HI/c16-11-9-19-21(10-11)7-6-18-15(17)20-13-5-8-22-14-4-2-1-3-12(13)14;/h1-4,9-10,13H,5-8H2,(H3,17,18,20);1H. The van der Waals surface area contributed by atoms with Crippen LogP contribution in [0.25, 0.3) is 0 Å². The third kappa shape index (κ3) is 4.84. The summed E-state index contributed by atoms with van der Waals surface area (Å²) >= 11 is 3.37. The normalized spacial score (nSPS) is 16.9. The fraction of sp³-hybridized carbons (Fsp3) is 0.333. The first-order valence-electron chi connectivity index (χ1n) is 7.18. The molecule has 2 heterocycles. The van der Waals surface area contributed by atoms with Gasteiger partial charge in [-0.25, -0.2) is 0 Å². The first kappa shape index (κ1) is 18.1. The predicted molar refractivity (Wildman–Crippen MR) is 104 cm³/mol. The van der Waals surface area contributed by atoms with Crippen LogP contribution >= 0.6 is 39.9 Å². The number of nitrogens with zero attached hydrogens (tertiary/aromatic N) is 3. The van der Waals surface area contributed by atoms with Crippen LogP contribution in [0.15, 0.2) is 46.1 Å². The van der Waals surface area contributed by atoms with Crippen LogP contribution in [0.4, 0.5) is 0 Å². The maximum atomic E-state index is 5.99. The Morgan fingerprint density at radius 1 is 1.48 bits per heavy atom. The second-order valence-corrected chi connectivity index (χ2v) is 5.98. The van der Waals surface area contributed by atoms with Crippen molar-refractivity contribution in [2.75, 3.05) is 13.2 Å². The van der Waals surface area contributed by atoms with Crippen molar-refractivity contribution in [3.8, 4) is 5.75 Å². The van der Waals surface area contributed by atoms with Gasteiger partial charge in [0.15, 0.2) is 5.96 Å². The number of aromatic nitrogens is 2. The molecule has 0 bridgehead atoms. The number of halogens is 2. The van der Waals surface area contributed by atoms with Crippen LogP contribution in [0.1, 0.15) is 18.0 Å². The van der Waals surface area contributed by atoms with E-state index < -0.39 is 0 Å². The third-order valence-electron chi connectivity index (χ3n) is 3.49. The summed E-state index contributed by atoms with van der Waals surface area (Å²) in [7, 11) is 0. The summed E-state index contributed by atoms with van der Waals surface area (Å²) in [6.07, 6.45) is 4.54. The van der Waals surface area contributed by atoms with Crippen molar-refractivity contribution in [3.05, 3.63) is 46.7 Å². The Kier molecular flexibility index (Phi) is 6.70. The number of nitrogens with two attached hydrogens (primary N) is 1. The number of hydrogen-bond donors (Lipinski definition) is 2. The predicted octanol–water partition coefficient (Wildman–Crippen LogP) is 2.69. The van der Waals surface area contributed by atoms with Crippen molar-refractivity contribution in [1.82, 2.24) is 15.1 Å². The van der Waals surface area contributed by atoms with E-state index in [0.717, 1.165) is 22.2 Å². The minimum absolute atomic E-state index is 0. The maximum Gasteiger partial charge on any atom is 0.189 e. The molecule has 0 fully saturated rings. The number of nitrogens with one attached hydrogen (secondary N) is 1. The SMILES string of the molecule is I.NC(=NCCn1cc(Br)cn1)NC1CCOc2ccccc21. The number of rotatable bonds is 4. The Labute approximate surface area is 160 Å². The van der Waals surface area contributed by atoms with Gasteiger partial charge in [-0.2, -0.15) is 5.10 Å². The molecule has 6 nitrogen and oxygen atoms in total. The van der Waals surface area contributed by atoms with Crippen molar-refractivity contribution >= 4 is 45.9 Å². The van der Waals surface area contributed by atoms with E-state index in [1.807, 2.05) is 29.1 Å². The quantitative estimate of drug-likeness (QED) is 0.391. The zero-order valence-electron chi connectivity index (χ0n) is 12.5. The molecule has 1 aliphatic heterocycles. The summed E-state index contributed by atoms with van der Waals surface area (Å²) in [6.45, 7) is 1.96. The number of benzene rings is 1.